The van der Waals surface area contributed by atoms with Crippen LogP contribution in [0, 0.1) is 5.92 Å². The predicted octanol–water partition coefficient (Wildman–Crippen LogP) is 5.82. The molecular weight excluding hydrogens is 294 g/mol. The van der Waals surface area contributed by atoms with E-state index >= 15 is 0 Å². The maximum atomic E-state index is 6.13. The fourth-order valence-electron chi connectivity index (χ4n) is 4.31. The van der Waals surface area contributed by atoms with Gasteiger partial charge < -0.3 is 10.1 Å². The molecule has 1 N–H and O–H groups in total. The molecule has 0 bridgehead atoms. The smallest absolute Gasteiger partial charge is 0.143 e. The molecule has 128 valence electrons. The van der Waals surface area contributed by atoms with Crippen molar-refractivity contribution in [2.24, 2.45) is 5.92 Å². The first-order chi connectivity index (χ1) is 11.8. The summed E-state index contributed by atoms with van der Waals surface area (Å²) >= 11 is 0. The Morgan fingerprint density at radius 3 is 2.79 bits per heavy atom. The van der Waals surface area contributed by atoms with E-state index in [0.29, 0.717) is 12.0 Å². The maximum Gasteiger partial charge on any atom is 0.143 e. The summed E-state index contributed by atoms with van der Waals surface area (Å²) < 4.78 is 6.13. The van der Waals surface area contributed by atoms with Crippen LogP contribution in [0.5, 0.6) is 5.75 Å². The largest absolute Gasteiger partial charge is 0.486 e. The van der Waals surface area contributed by atoms with E-state index in [1.165, 1.54) is 37.7 Å². The monoisotopic (exact) mass is 323 g/mol. The molecule has 2 nitrogen and oxygen atoms in total. The van der Waals surface area contributed by atoms with Gasteiger partial charge in [-0.25, -0.2) is 0 Å². The van der Waals surface area contributed by atoms with Crippen LogP contribution >= 0.6 is 0 Å². The van der Waals surface area contributed by atoms with E-state index in [9.17, 15) is 0 Å². The molecule has 24 heavy (non-hydrogen) atoms. The summed E-state index contributed by atoms with van der Waals surface area (Å²) in [5.41, 5.74) is 4.11. The lowest BCUT2D eigenvalue weighted by Gasteiger charge is -2.28. The van der Waals surface area contributed by atoms with Crippen LogP contribution in [0.3, 0.4) is 0 Å². The molecule has 0 saturated heterocycles. The molecule has 1 aromatic carbocycles. The minimum absolute atomic E-state index is 0.299. The quantitative estimate of drug-likeness (QED) is 0.756. The van der Waals surface area contributed by atoms with E-state index in [4.69, 9.17) is 4.74 Å². The molecular formula is C22H29NO. The molecule has 1 saturated carbocycles. The second kappa shape index (κ2) is 7.04. The molecule has 0 spiro atoms. The lowest BCUT2D eigenvalue weighted by atomic mass is 9.79. The molecule has 4 rings (SSSR count). The van der Waals surface area contributed by atoms with Gasteiger partial charge in [0.05, 0.1) is 12.2 Å². The Morgan fingerprint density at radius 2 is 2.04 bits per heavy atom. The fraction of sp³-hybridized carbons (Fsp3) is 0.545. The third-order valence-corrected chi connectivity index (χ3v) is 5.91. The van der Waals surface area contributed by atoms with Crippen molar-refractivity contribution in [2.75, 3.05) is 11.9 Å². The van der Waals surface area contributed by atoms with Crippen LogP contribution in [0.15, 0.2) is 42.0 Å². The van der Waals surface area contributed by atoms with Crippen molar-refractivity contribution in [1.29, 1.82) is 0 Å². The van der Waals surface area contributed by atoms with Crippen LogP contribution in [-0.4, -0.2) is 12.6 Å². The maximum absolute atomic E-state index is 6.13. The molecule has 0 radical (unpaired) electrons. The van der Waals surface area contributed by atoms with Crippen LogP contribution in [0.1, 0.15) is 63.4 Å². The van der Waals surface area contributed by atoms with Gasteiger partial charge in [0.1, 0.15) is 11.9 Å². The number of hydrogen-bond acceptors (Lipinski definition) is 2. The summed E-state index contributed by atoms with van der Waals surface area (Å²) in [5.74, 6) is 2.34. The van der Waals surface area contributed by atoms with Gasteiger partial charge in [-0.05, 0) is 54.9 Å². The van der Waals surface area contributed by atoms with E-state index in [-0.39, 0.29) is 0 Å². The highest BCUT2D eigenvalue weighted by Crippen LogP contribution is 2.38. The summed E-state index contributed by atoms with van der Waals surface area (Å²) in [4.78, 5) is 0. The van der Waals surface area contributed by atoms with Gasteiger partial charge in [-0.15, -0.1) is 0 Å². The van der Waals surface area contributed by atoms with Gasteiger partial charge in [0.15, 0.2) is 0 Å². The van der Waals surface area contributed by atoms with Crippen LogP contribution in [0.25, 0.3) is 0 Å². The van der Waals surface area contributed by atoms with Gasteiger partial charge >= 0.3 is 0 Å². The first-order valence-electron chi connectivity index (χ1n) is 9.76. The number of rotatable bonds is 3. The molecule has 2 atom stereocenters. The van der Waals surface area contributed by atoms with Crippen molar-refractivity contribution in [3.05, 3.63) is 47.6 Å². The number of ether oxygens (including phenoxy) is 1. The van der Waals surface area contributed by atoms with Crippen molar-refractivity contribution in [3.8, 4) is 5.75 Å². The Hall–Kier alpha value is -1.70. The number of hydrogen-bond donors (Lipinski definition) is 1. The van der Waals surface area contributed by atoms with E-state index < -0.39 is 0 Å². The summed E-state index contributed by atoms with van der Waals surface area (Å²) in [6.45, 7) is 3.10. The second-order valence-electron chi connectivity index (χ2n) is 7.52. The van der Waals surface area contributed by atoms with Crippen LogP contribution in [0.4, 0.5) is 5.69 Å². The molecule has 3 aliphatic rings. The van der Waals surface area contributed by atoms with Crippen molar-refractivity contribution in [1.82, 2.24) is 0 Å². The fourth-order valence-corrected chi connectivity index (χ4v) is 4.31. The van der Waals surface area contributed by atoms with Crippen molar-refractivity contribution in [2.45, 2.75) is 63.9 Å². The van der Waals surface area contributed by atoms with E-state index in [2.05, 4.69) is 48.7 Å². The van der Waals surface area contributed by atoms with E-state index in [0.717, 1.165) is 36.7 Å². The third kappa shape index (κ3) is 3.24. The highest BCUT2D eigenvalue weighted by Gasteiger charge is 2.22. The zero-order valence-corrected chi connectivity index (χ0v) is 14.8. The Morgan fingerprint density at radius 1 is 1.17 bits per heavy atom. The third-order valence-electron chi connectivity index (χ3n) is 5.91. The standard InChI is InChI=1S/C22H29NO/c1-2-20-15-23-21-13-12-19(14-22(21)24-20)18-10-8-17(9-11-18)16-6-4-3-5-7-16/h8-10,12-14,16,18,20,23H,2-7,11,15H2,1H3. The summed E-state index contributed by atoms with van der Waals surface area (Å²) in [5, 5.41) is 3.49. The topological polar surface area (TPSA) is 21.3 Å². The number of benzene rings is 1. The van der Waals surface area contributed by atoms with Crippen LogP contribution < -0.4 is 10.1 Å². The molecule has 1 heterocycles. The minimum Gasteiger partial charge on any atom is -0.486 e. The van der Waals surface area contributed by atoms with Crippen molar-refractivity contribution in [3.63, 3.8) is 0 Å². The molecule has 1 aliphatic heterocycles. The molecule has 2 unspecified atom stereocenters. The van der Waals surface area contributed by atoms with Crippen LogP contribution in [-0.2, 0) is 0 Å². The Kier molecular flexibility index (Phi) is 4.64. The average molecular weight is 323 g/mol. The molecule has 2 aliphatic carbocycles. The second-order valence-corrected chi connectivity index (χ2v) is 7.52. The Bertz CT molecular complexity index is 639. The van der Waals surface area contributed by atoms with E-state index in [1.54, 1.807) is 5.57 Å². The van der Waals surface area contributed by atoms with Crippen molar-refractivity contribution >= 4 is 5.69 Å². The van der Waals surface area contributed by atoms with Gasteiger partial charge in [0.25, 0.3) is 0 Å². The number of fused-ring (bicyclic) bond motifs is 1. The lowest BCUT2D eigenvalue weighted by Crippen LogP contribution is -2.30. The highest BCUT2D eigenvalue weighted by atomic mass is 16.5. The van der Waals surface area contributed by atoms with Gasteiger partial charge in [-0.2, -0.15) is 0 Å². The predicted molar refractivity (Wildman–Crippen MR) is 101 cm³/mol. The molecule has 1 aromatic rings. The molecule has 1 fully saturated rings. The van der Waals surface area contributed by atoms with Gasteiger partial charge in [0, 0.05) is 5.92 Å². The van der Waals surface area contributed by atoms with Gasteiger partial charge in [-0.1, -0.05) is 50.5 Å². The number of allylic oxidation sites excluding steroid dienone is 4. The van der Waals surface area contributed by atoms with Crippen LogP contribution in [0.2, 0.25) is 0 Å². The summed E-state index contributed by atoms with van der Waals surface area (Å²) in [6, 6.07) is 6.69. The summed E-state index contributed by atoms with van der Waals surface area (Å²) in [6.07, 6.45) is 16.8. The zero-order chi connectivity index (χ0) is 16.4. The molecule has 2 heteroatoms. The molecule has 0 amide bonds. The SMILES string of the molecule is CCC1CNc2ccc(C3C=CC(C4CCCCC4)=CC3)cc2O1. The average Bonchev–Trinajstić information content (AvgIpc) is 2.68. The first kappa shape index (κ1) is 15.8. The first-order valence-corrected chi connectivity index (χ1v) is 9.76. The normalized spacial score (nSPS) is 27.0. The van der Waals surface area contributed by atoms with Gasteiger partial charge in [-0.3, -0.25) is 0 Å². The number of nitrogens with one attached hydrogen (secondary N) is 1. The number of anilines is 1. The van der Waals surface area contributed by atoms with Crippen molar-refractivity contribution < 1.29 is 4.74 Å². The zero-order valence-electron chi connectivity index (χ0n) is 14.8. The minimum atomic E-state index is 0.299. The van der Waals surface area contributed by atoms with Gasteiger partial charge in [0.2, 0.25) is 0 Å². The lowest BCUT2D eigenvalue weighted by molar-refractivity contribution is 0.201. The molecule has 0 aromatic heterocycles. The van der Waals surface area contributed by atoms with E-state index in [1.807, 2.05) is 0 Å². The Labute approximate surface area is 146 Å². The highest BCUT2D eigenvalue weighted by molar-refractivity contribution is 5.60. The summed E-state index contributed by atoms with van der Waals surface area (Å²) in [7, 11) is 0. The Balaban J connectivity index is 1.46.